The minimum Gasteiger partial charge on any atom is -0.408 e. The van der Waals surface area contributed by atoms with Gasteiger partial charge in [0.25, 0.3) is 0 Å². The van der Waals surface area contributed by atoms with Crippen LogP contribution >= 0.6 is 0 Å². The Labute approximate surface area is 291 Å². The average molecular weight is 742 g/mol. The number of carbonyl (C=O) groups excluding carboxylic acids is 2. The van der Waals surface area contributed by atoms with E-state index >= 15 is 0 Å². The number of amides is 2. The SMILES string of the molecule is CN(CCCCCCCCCN(C)Cc1ncccc1OC(=O)N(C)C)Cc1ncccc1OC(=O)N(C)C.[O-][Cl+3]([O-])([O-])[O-].[O-][Cl+3]([O-])([O-])[O-]. The molecule has 0 aliphatic carbocycles. The van der Waals surface area contributed by atoms with Gasteiger partial charge < -0.3 is 29.1 Å². The average Bonchev–Trinajstić information content (AvgIpc) is 2.96. The summed E-state index contributed by atoms with van der Waals surface area (Å²) in [5.41, 5.74) is 1.54. The molecule has 0 spiro atoms. The molecule has 0 saturated carbocycles. The molecule has 0 fully saturated rings. The van der Waals surface area contributed by atoms with Crippen molar-refractivity contribution in [1.82, 2.24) is 29.6 Å². The molecule has 0 aliphatic rings. The van der Waals surface area contributed by atoms with Crippen molar-refractivity contribution in [3.8, 4) is 11.5 Å². The second-order valence-electron chi connectivity index (χ2n) is 11.1. The highest BCUT2D eigenvalue weighted by Gasteiger charge is 2.14. The number of pyridine rings is 2. The first-order valence-electron chi connectivity index (χ1n) is 14.9. The van der Waals surface area contributed by atoms with Gasteiger partial charge in [-0.3, -0.25) is 9.97 Å². The predicted octanol–water partition coefficient (Wildman–Crippen LogP) is -4.62. The largest absolute Gasteiger partial charge is 0.414 e. The Balaban J connectivity index is 0.00000201. The molecule has 2 heterocycles. The number of unbranched alkanes of at least 4 members (excludes halogenated alkanes) is 6. The number of carbonyl (C=O) groups is 2. The normalized spacial score (nSPS) is 11.3. The molecule has 18 nitrogen and oxygen atoms in total. The maximum atomic E-state index is 11.9. The van der Waals surface area contributed by atoms with Crippen LogP contribution in [0.2, 0.25) is 0 Å². The Kier molecular flexibility index (Phi) is 22.7. The molecule has 2 rings (SSSR count). The Hall–Kier alpha value is -2.98. The lowest BCUT2D eigenvalue weighted by Crippen LogP contribution is -2.68. The van der Waals surface area contributed by atoms with Gasteiger partial charge in [0.05, 0.1) is 11.4 Å². The van der Waals surface area contributed by atoms with E-state index in [9.17, 15) is 9.59 Å². The third-order valence-electron chi connectivity index (χ3n) is 6.24. The number of rotatable bonds is 16. The summed E-state index contributed by atoms with van der Waals surface area (Å²) in [6.45, 7) is 3.23. The van der Waals surface area contributed by atoms with Crippen molar-refractivity contribution < 1.29 is 76.8 Å². The Bertz CT molecular complexity index is 1120. The topological polar surface area (TPSA) is 276 Å². The van der Waals surface area contributed by atoms with E-state index in [1.807, 2.05) is 0 Å². The van der Waals surface area contributed by atoms with Gasteiger partial charge in [-0.2, -0.15) is 0 Å². The van der Waals surface area contributed by atoms with E-state index in [2.05, 4.69) is 33.9 Å². The van der Waals surface area contributed by atoms with Gasteiger partial charge >= 0.3 is 12.2 Å². The van der Waals surface area contributed by atoms with E-state index in [4.69, 9.17) is 46.7 Å². The third kappa shape index (κ3) is 27.5. The molecule has 0 radical (unpaired) electrons. The van der Waals surface area contributed by atoms with Gasteiger partial charge in [0.15, 0.2) is 11.5 Å². The zero-order valence-corrected chi connectivity index (χ0v) is 30.1. The minimum atomic E-state index is -4.94. The molecule has 0 aromatic carbocycles. The smallest absolute Gasteiger partial charge is 0.408 e. The summed E-state index contributed by atoms with van der Waals surface area (Å²) in [5, 5.41) is 0. The molecule has 2 amide bonds. The van der Waals surface area contributed by atoms with Gasteiger partial charge in [0, 0.05) is 53.7 Å². The van der Waals surface area contributed by atoms with Crippen molar-refractivity contribution in [3.05, 3.63) is 48.0 Å². The van der Waals surface area contributed by atoms with Gasteiger partial charge in [-0.05, 0) is 64.3 Å². The lowest BCUT2D eigenvalue weighted by atomic mass is 10.1. The first-order valence-corrected chi connectivity index (χ1v) is 17.4. The molecule has 0 aliphatic heterocycles. The first kappa shape index (κ1) is 46.0. The zero-order chi connectivity index (χ0) is 37.6. The number of hydrogen-bond acceptors (Lipinski definition) is 16. The molecule has 280 valence electrons. The van der Waals surface area contributed by atoms with Crippen molar-refractivity contribution in [2.75, 3.05) is 55.4 Å². The number of hydrogen-bond donors (Lipinski definition) is 0. The van der Waals surface area contributed by atoms with Crippen LogP contribution in [0.3, 0.4) is 0 Å². The summed E-state index contributed by atoms with van der Waals surface area (Å²) in [6.07, 6.45) is 11.0. The van der Waals surface area contributed by atoms with E-state index in [0.29, 0.717) is 24.6 Å². The monoisotopic (exact) mass is 740 g/mol. The first-order chi connectivity index (χ1) is 22.7. The Morgan fingerprint density at radius 2 is 0.857 bits per heavy atom. The van der Waals surface area contributed by atoms with Gasteiger partial charge in [0.1, 0.15) is 0 Å². The van der Waals surface area contributed by atoms with Crippen LogP contribution in [0.15, 0.2) is 36.7 Å². The van der Waals surface area contributed by atoms with Crippen molar-refractivity contribution in [2.24, 2.45) is 0 Å². The molecule has 0 N–H and O–H groups in total. The second kappa shape index (κ2) is 24.2. The van der Waals surface area contributed by atoms with Crippen molar-refractivity contribution in [1.29, 1.82) is 0 Å². The highest BCUT2D eigenvalue weighted by Crippen LogP contribution is 2.19. The van der Waals surface area contributed by atoms with Crippen LogP contribution in [0.4, 0.5) is 9.59 Å². The summed E-state index contributed by atoms with van der Waals surface area (Å²) < 4.78 is 78.8. The fourth-order valence-electron chi connectivity index (χ4n) is 3.96. The van der Waals surface area contributed by atoms with E-state index < -0.39 is 32.7 Å². The lowest BCUT2D eigenvalue weighted by molar-refractivity contribution is -2.00. The molecule has 0 bridgehead atoms. The molecule has 0 atom stereocenters. The minimum absolute atomic E-state index is 0.399. The van der Waals surface area contributed by atoms with Gasteiger partial charge in [0.2, 0.25) is 0 Å². The van der Waals surface area contributed by atoms with Gasteiger partial charge in [-0.1, -0.05) is 32.1 Å². The highest BCUT2D eigenvalue weighted by atomic mass is 35.7. The van der Waals surface area contributed by atoms with Crippen LogP contribution in [0, 0.1) is 20.5 Å². The van der Waals surface area contributed by atoms with Gasteiger partial charge in [-0.25, -0.2) is 46.9 Å². The molecule has 0 saturated heterocycles. The Morgan fingerprint density at radius 1 is 0.571 bits per heavy atom. The van der Waals surface area contributed by atoms with Crippen molar-refractivity contribution >= 4 is 12.2 Å². The molecular formula is C29H46Cl2N6O12-2. The fraction of sp³-hybridized carbons (Fsp3) is 0.586. The standard InChI is InChI=1S/C29H46N6O4.2ClHO4/c1-32(2)28(36)38-26-16-14-18-30-24(26)22-34(5)20-12-10-8-7-9-11-13-21-35(6)23-25-27(17-15-19-31-25)39-29(37)33(3)4;2*2-1(3,4)5/h14-19H,7-13,20-23H2,1-6H3;2*(H,2,3,4,5)/p-2. The number of aromatic nitrogens is 2. The van der Waals surface area contributed by atoms with Crippen LogP contribution in [-0.2, 0) is 13.1 Å². The predicted molar refractivity (Wildman–Crippen MR) is 153 cm³/mol. The number of nitrogens with zero attached hydrogens (tertiary/aromatic N) is 6. The molecule has 2 aromatic heterocycles. The van der Waals surface area contributed by atoms with Crippen LogP contribution in [0.5, 0.6) is 11.5 Å². The summed E-state index contributed by atoms with van der Waals surface area (Å²) >= 11 is 0. The van der Waals surface area contributed by atoms with E-state index in [-0.39, 0.29) is 0 Å². The maximum Gasteiger partial charge on any atom is 0.414 e. The lowest BCUT2D eigenvalue weighted by Gasteiger charge is -2.19. The fourth-order valence-corrected chi connectivity index (χ4v) is 3.96. The van der Waals surface area contributed by atoms with Crippen LogP contribution in [0.1, 0.15) is 56.3 Å². The quantitative estimate of drug-likeness (QED) is 0.146. The van der Waals surface area contributed by atoms with E-state index in [1.54, 1.807) is 64.8 Å². The third-order valence-corrected chi connectivity index (χ3v) is 6.24. The summed E-state index contributed by atoms with van der Waals surface area (Å²) in [5.74, 6) is 1.03. The zero-order valence-electron chi connectivity index (χ0n) is 28.6. The highest BCUT2D eigenvalue weighted by molar-refractivity contribution is 5.70. The van der Waals surface area contributed by atoms with Crippen molar-refractivity contribution in [2.45, 2.75) is 58.0 Å². The van der Waals surface area contributed by atoms with Crippen LogP contribution < -0.4 is 46.7 Å². The van der Waals surface area contributed by atoms with Crippen LogP contribution in [0.25, 0.3) is 0 Å². The summed E-state index contributed by atoms with van der Waals surface area (Å²) in [6, 6.07) is 7.13. The molecule has 2 aromatic rings. The van der Waals surface area contributed by atoms with Crippen molar-refractivity contribution in [3.63, 3.8) is 0 Å². The van der Waals surface area contributed by atoms with E-state index in [1.165, 1.54) is 41.9 Å². The maximum absolute atomic E-state index is 11.9. The molecule has 49 heavy (non-hydrogen) atoms. The molecular weight excluding hydrogens is 695 g/mol. The van der Waals surface area contributed by atoms with Gasteiger partial charge in [-0.15, -0.1) is 20.5 Å². The van der Waals surface area contributed by atoms with Crippen LogP contribution in [-0.4, -0.2) is 97.1 Å². The Morgan fingerprint density at radius 3 is 1.14 bits per heavy atom. The molecule has 20 heteroatoms. The van der Waals surface area contributed by atoms with E-state index in [0.717, 1.165) is 37.3 Å². The number of ether oxygens (including phenoxy) is 2. The second-order valence-corrected chi connectivity index (χ2v) is 12.6. The number of halogens is 2. The summed E-state index contributed by atoms with van der Waals surface area (Å²) in [7, 11) is 0.907. The molecule has 0 unspecified atom stereocenters. The summed E-state index contributed by atoms with van der Waals surface area (Å²) in [4.78, 5) is 39.9.